The van der Waals surface area contributed by atoms with E-state index in [4.69, 9.17) is 4.74 Å². The van der Waals surface area contributed by atoms with Crippen molar-refractivity contribution in [3.8, 4) is 0 Å². The lowest BCUT2D eigenvalue weighted by Gasteiger charge is -2.25. The minimum absolute atomic E-state index is 0.264. The summed E-state index contributed by atoms with van der Waals surface area (Å²) < 4.78 is 33.0. The van der Waals surface area contributed by atoms with Gasteiger partial charge in [-0.05, 0) is 24.6 Å². The number of rotatable bonds is 7. The van der Waals surface area contributed by atoms with Crippen molar-refractivity contribution in [1.29, 1.82) is 0 Å². The summed E-state index contributed by atoms with van der Waals surface area (Å²) in [5.74, 6) is 0.698. The van der Waals surface area contributed by atoms with E-state index in [1.807, 2.05) is 48.0 Å². The SMILES string of the molecule is COCCN(c1ccccc1Cn1ccc2cnc(C)nc21)S(C)(=O)=O. The van der Waals surface area contributed by atoms with Crippen LogP contribution in [-0.2, 0) is 21.3 Å². The second kappa shape index (κ2) is 7.43. The quantitative estimate of drug-likeness (QED) is 0.634. The van der Waals surface area contributed by atoms with Gasteiger partial charge >= 0.3 is 0 Å². The van der Waals surface area contributed by atoms with Crippen LogP contribution in [0, 0.1) is 6.92 Å². The summed E-state index contributed by atoms with van der Waals surface area (Å²) in [6.07, 6.45) is 4.94. The minimum atomic E-state index is -3.42. The van der Waals surface area contributed by atoms with Gasteiger partial charge in [0, 0.05) is 24.9 Å². The number of aromatic nitrogens is 3. The molecule has 0 aliphatic heterocycles. The summed E-state index contributed by atoms with van der Waals surface area (Å²) in [5, 5.41) is 0.951. The number of aryl methyl sites for hydroxylation is 1. The molecule has 0 saturated carbocycles. The number of fused-ring (bicyclic) bond motifs is 1. The molecule has 0 radical (unpaired) electrons. The minimum Gasteiger partial charge on any atom is -0.383 e. The Labute approximate surface area is 153 Å². The van der Waals surface area contributed by atoms with Crippen molar-refractivity contribution < 1.29 is 13.2 Å². The van der Waals surface area contributed by atoms with Crippen molar-refractivity contribution in [2.75, 3.05) is 30.8 Å². The van der Waals surface area contributed by atoms with Gasteiger partial charge in [0.2, 0.25) is 10.0 Å². The number of methoxy groups -OCH3 is 1. The van der Waals surface area contributed by atoms with Gasteiger partial charge in [0.15, 0.2) is 0 Å². The van der Waals surface area contributed by atoms with Gasteiger partial charge in [-0.15, -0.1) is 0 Å². The molecule has 3 rings (SSSR count). The predicted octanol–water partition coefficient (Wildman–Crippen LogP) is 2.20. The number of para-hydroxylation sites is 1. The van der Waals surface area contributed by atoms with E-state index < -0.39 is 10.0 Å². The van der Waals surface area contributed by atoms with E-state index in [1.54, 1.807) is 13.3 Å². The molecular formula is C18H22N4O3S. The lowest BCUT2D eigenvalue weighted by Crippen LogP contribution is -2.33. The number of nitrogens with zero attached hydrogens (tertiary/aromatic N) is 4. The van der Waals surface area contributed by atoms with Crippen LogP contribution in [0.5, 0.6) is 0 Å². The molecule has 2 aromatic heterocycles. The van der Waals surface area contributed by atoms with Crippen molar-refractivity contribution in [3.05, 3.63) is 54.1 Å². The number of hydrogen-bond donors (Lipinski definition) is 0. The summed E-state index contributed by atoms with van der Waals surface area (Å²) in [4.78, 5) is 8.72. The van der Waals surface area contributed by atoms with Gasteiger partial charge in [0.05, 0.1) is 31.6 Å². The largest absolute Gasteiger partial charge is 0.383 e. The van der Waals surface area contributed by atoms with Gasteiger partial charge in [0.1, 0.15) is 11.5 Å². The van der Waals surface area contributed by atoms with Crippen molar-refractivity contribution in [3.63, 3.8) is 0 Å². The maximum atomic E-state index is 12.3. The third-order valence-corrected chi connectivity index (χ3v) is 5.30. The molecule has 0 spiro atoms. The standard InChI is InChI=1S/C18H22N4O3S/c1-14-19-12-15-8-9-21(18(15)20-14)13-16-6-4-5-7-17(16)22(10-11-25-2)26(3,23)24/h4-9,12H,10-11,13H2,1-3H3. The van der Waals surface area contributed by atoms with Gasteiger partial charge < -0.3 is 9.30 Å². The molecule has 138 valence electrons. The van der Waals surface area contributed by atoms with Crippen LogP contribution >= 0.6 is 0 Å². The molecule has 2 heterocycles. The van der Waals surface area contributed by atoms with E-state index in [0.29, 0.717) is 24.7 Å². The zero-order valence-corrected chi connectivity index (χ0v) is 15.9. The van der Waals surface area contributed by atoms with Crippen LogP contribution in [0.2, 0.25) is 0 Å². The Hall–Kier alpha value is -2.45. The molecule has 1 aromatic carbocycles. The monoisotopic (exact) mass is 374 g/mol. The lowest BCUT2D eigenvalue weighted by atomic mass is 10.1. The van der Waals surface area contributed by atoms with Gasteiger partial charge in [0.25, 0.3) is 0 Å². The highest BCUT2D eigenvalue weighted by Crippen LogP contribution is 2.25. The summed E-state index contributed by atoms with van der Waals surface area (Å²) in [6.45, 7) is 2.94. The maximum Gasteiger partial charge on any atom is 0.232 e. The Morgan fingerprint density at radius 3 is 2.73 bits per heavy atom. The topological polar surface area (TPSA) is 77.3 Å². The molecule has 0 amide bonds. The Kier molecular flexibility index (Phi) is 5.24. The van der Waals surface area contributed by atoms with Crippen LogP contribution in [0.1, 0.15) is 11.4 Å². The Morgan fingerprint density at radius 2 is 2.00 bits per heavy atom. The van der Waals surface area contributed by atoms with E-state index >= 15 is 0 Å². The molecule has 0 unspecified atom stereocenters. The average molecular weight is 374 g/mol. The molecule has 0 saturated heterocycles. The van der Waals surface area contributed by atoms with Crippen LogP contribution in [0.15, 0.2) is 42.7 Å². The average Bonchev–Trinajstić information content (AvgIpc) is 2.97. The predicted molar refractivity (Wildman–Crippen MR) is 102 cm³/mol. The summed E-state index contributed by atoms with van der Waals surface area (Å²) >= 11 is 0. The number of ether oxygens (including phenoxy) is 1. The Morgan fingerprint density at radius 1 is 1.23 bits per heavy atom. The van der Waals surface area contributed by atoms with Crippen LogP contribution < -0.4 is 4.31 Å². The normalized spacial score (nSPS) is 11.8. The van der Waals surface area contributed by atoms with Crippen molar-refractivity contribution in [2.45, 2.75) is 13.5 Å². The number of sulfonamides is 1. The third kappa shape index (κ3) is 3.86. The first-order valence-corrected chi connectivity index (χ1v) is 10.1. The molecule has 8 heteroatoms. The van der Waals surface area contributed by atoms with Crippen LogP contribution in [-0.4, -0.2) is 49.5 Å². The van der Waals surface area contributed by atoms with Crippen molar-refractivity contribution in [2.24, 2.45) is 0 Å². The molecule has 0 aliphatic rings. The fraction of sp³-hybridized carbons (Fsp3) is 0.333. The second-order valence-corrected chi connectivity index (χ2v) is 8.00. The first-order chi connectivity index (χ1) is 12.4. The summed E-state index contributed by atoms with van der Waals surface area (Å²) in [5.41, 5.74) is 2.37. The molecule has 3 aromatic rings. The van der Waals surface area contributed by atoms with Gasteiger partial charge in [-0.1, -0.05) is 18.2 Å². The first kappa shape index (κ1) is 18.3. The molecule has 0 aliphatic carbocycles. The second-order valence-electron chi connectivity index (χ2n) is 6.10. The Bertz CT molecular complexity index is 1010. The smallest absolute Gasteiger partial charge is 0.232 e. The van der Waals surface area contributed by atoms with E-state index in [0.717, 1.165) is 16.6 Å². The van der Waals surface area contributed by atoms with Crippen LogP contribution in [0.3, 0.4) is 0 Å². The maximum absolute atomic E-state index is 12.3. The van der Waals surface area contributed by atoms with Crippen molar-refractivity contribution in [1.82, 2.24) is 14.5 Å². The number of benzene rings is 1. The molecule has 0 bridgehead atoms. The third-order valence-electron chi connectivity index (χ3n) is 4.12. The zero-order chi connectivity index (χ0) is 18.7. The zero-order valence-electron chi connectivity index (χ0n) is 15.1. The van der Waals surface area contributed by atoms with E-state index in [1.165, 1.54) is 10.6 Å². The first-order valence-electron chi connectivity index (χ1n) is 8.23. The van der Waals surface area contributed by atoms with Gasteiger partial charge in [-0.2, -0.15) is 0 Å². The van der Waals surface area contributed by atoms with E-state index in [-0.39, 0.29) is 6.54 Å². The fourth-order valence-corrected chi connectivity index (χ4v) is 3.84. The Balaban J connectivity index is 2.02. The number of hydrogen-bond acceptors (Lipinski definition) is 5. The molecular weight excluding hydrogens is 352 g/mol. The highest BCUT2D eigenvalue weighted by Gasteiger charge is 2.20. The molecule has 0 fully saturated rings. The molecule has 0 atom stereocenters. The summed E-state index contributed by atoms with van der Waals surface area (Å²) in [6, 6.07) is 9.44. The van der Waals surface area contributed by atoms with Crippen molar-refractivity contribution >= 4 is 26.7 Å². The molecule has 26 heavy (non-hydrogen) atoms. The fourth-order valence-electron chi connectivity index (χ4n) is 2.89. The highest BCUT2D eigenvalue weighted by molar-refractivity contribution is 7.92. The molecule has 0 N–H and O–H groups in total. The molecule has 7 nitrogen and oxygen atoms in total. The van der Waals surface area contributed by atoms with E-state index in [9.17, 15) is 8.42 Å². The van der Waals surface area contributed by atoms with Gasteiger partial charge in [-0.25, -0.2) is 18.4 Å². The van der Waals surface area contributed by atoms with Gasteiger partial charge in [-0.3, -0.25) is 4.31 Å². The lowest BCUT2D eigenvalue weighted by molar-refractivity contribution is 0.208. The highest BCUT2D eigenvalue weighted by atomic mass is 32.2. The van der Waals surface area contributed by atoms with Crippen LogP contribution in [0.4, 0.5) is 5.69 Å². The number of anilines is 1. The van der Waals surface area contributed by atoms with Crippen LogP contribution in [0.25, 0.3) is 11.0 Å². The van der Waals surface area contributed by atoms with E-state index in [2.05, 4.69) is 9.97 Å². The summed E-state index contributed by atoms with van der Waals surface area (Å²) in [7, 11) is -1.87.